The van der Waals surface area contributed by atoms with Crippen LogP contribution in [0, 0.1) is 5.92 Å². The first-order valence-electron chi connectivity index (χ1n) is 9.46. The second-order valence-electron chi connectivity index (χ2n) is 7.11. The number of carbonyl (C=O) groups is 2. The smallest absolute Gasteiger partial charge is 0.378 e. The molecule has 158 valence electrons. The van der Waals surface area contributed by atoms with E-state index in [4.69, 9.17) is 16.3 Å². The number of piperidine rings is 1. The van der Waals surface area contributed by atoms with Crippen LogP contribution >= 0.6 is 11.6 Å². The van der Waals surface area contributed by atoms with Crippen molar-refractivity contribution in [1.29, 1.82) is 0 Å². The number of alkyl halides is 3. The van der Waals surface area contributed by atoms with Crippen molar-refractivity contribution in [3.63, 3.8) is 0 Å². The van der Waals surface area contributed by atoms with Gasteiger partial charge in [0.15, 0.2) is 0 Å². The number of rotatable bonds is 3. The Balaban J connectivity index is 1.55. The van der Waals surface area contributed by atoms with Crippen molar-refractivity contribution >= 4 is 29.5 Å². The molecule has 5 nitrogen and oxygen atoms in total. The lowest BCUT2D eigenvalue weighted by molar-refractivity contribution is -0.142. The zero-order chi connectivity index (χ0) is 21.0. The van der Waals surface area contributed by atoms with Gasteiger partial charge in [0.25, 0.3) is 0 Å². The van der Waals surface area contributed by atoms with E-state index >= 15 is 0 Å². The Morgan fingerprint density at radius 2 is 1.72 bits per heavy atom. The number of ether oxygens (including phenoxy) is 1. The summed E-state index contributed by atoms with van der Waals surface area (Å²) < 4.78 is 44.1. The zero-order valence-corrected chi connectivity index (χ0v) is 16.5. The summed E-state index contributed by atoms with van der Waals surface area (Å²) in [6.07, 6.45) is -0.796. The number of hydrogen-bond donors (Lipinski definition) is 0. The number of nitrogens with zero attached hydrogens (tertiary/aromatic N) is 2. The van der Waals surface area contributed by atoms with E-state index in [-0.39, 0.29) is 28.3 Å². The molecule has 0 radical (unpaired) electrons. The van der Waals surface area contributed by atoms with Crippen molar-refractivity contribution in [2.24, 2.45) is 5.92 Å². The van der Waals surface area contributed by atoms with E-state index < -0.39 is 11.7 Å². The Morgan fingerprint density at radius 3 is 2.34 bits per heavy atom. The minimum atomic E-state index is -4.56. The Hall–Kier alpha value is -2.06. The Bertz CT molecular complexity index is 784. The van der Waals surface area contributed by atoms with Crippen LogP contribution in [0.15, 0.2) is 24.3 Å². The molecule has 2 heterocycles. The lowest BCUT2D eigenvalue weighted by atomic mass is 9.95. The van der Waals surface area contributed by atoms with Crippen LogP contribution in [0.2, 0.25) is 5.02 Å². The molecule has 2 aliphatic heterocycles. The Kier molecular flexibility index (Phi) is 6.85. The van der Waals surface area contributed by atoms with E-state index in [2.05, 4.69) is 0 Å². The average molecular weight is 431 g/mol. The first-order chi connectivity index (χ1) is 13.8. The summed E-state index contributed by atoms with van der Waals surface area (Å²) >= 11 is 5.60. The highest BCUT2D eigenvalue weighted by Crippen LogP contribution is 2.35. The van der Waals surface area contributed by atoms with Crippen LogP contribution in [0.3, 0.4) is 0 Å². The van der Waals surface area contributed by atoms with Crippen LogP contribution in [0.5, 0.6) is 0 Å². The largest absolute Gasteiger partial charge is 0.417 e. The average Bonchev–Trinajstić information content (AvgIpc) is 2.72. The van der Waals surface area contributed by atoms with E-state index in [1.165, 1.54) is 18.2 Å². The highest BCUT2D eigenvalue weighted by molar-refractivity contribution is 6.31. The Morgan fingerprint density at radius 1 is 1.07 bits per heavy atom. The molecule has 0 unspecified atom stereocenters. The summed E-state index contributed by atoms with van der Waals surface area (Å²) in [7, 11) is 0. The van der Waals surface area contributed by atoms with Crippen molar-refractivity contribution in [2.75, 3.05) is 39.4 Å². The van der Waals surface area contributed by atoms with Gasteiger partial charge in [-0.1, -0.05) is 17.7 Å². The molecule has 2 saturated heterocycles. The quantitative estimate of drug-likeness (QED) is 0.690. The third-order valence-electron chi connectivity index (χ3n) is 5.19. The van der Waals surface area contributed by atoms with Crippen molar-refractivity contribution < 1.29 is 27.5 Å². The van der Waals surface area contributed by atoms with Crippen LogP contribution in [-0.2, 0) is 20.5 Å². The lowest BCUT2D eigenvalue weighted by Gasteiger charge is -2.35. The van der Waals surface area contributed by atoms with Crippen LogP contribution in [-0.4, -0.2) is 61.0 Å². The molecule has 9 heteroatoms. The summed E-state index contributed by atoms with van der Waals surface area (Å²) in [5.41, 5.74) is -0.691. The predicted molar refractivity (Wildman–Crippen MR) is 102 cm³/mol. The molecular weight excluding hydrogens is 409 g/mol. The maximum absolute atomic E-state index is 12.9. The van der Waals surface area contributed by atoms with Crippen molar-refractivity contribution in [2.45, 2.75) is 19.0 Å². The van der Waals surface area contributed by atoms with Gasteiger partial charge in [0.2, 0.25) is 11.8 Å². The third-order valence-corrected chi connectivity index (χ3v) is 5.52. The monoisotopic (exact) mass is 430 g/mol. The fourth-order valence-electron chi connectivity index (χ4n) is 3.53. The first kappa shape index (κ1) is 21.6. The summed E-state index contributed by atoms with van der Waals surface area (Å²) in [6.45, 7) is 3.18. The summed E-state index contributed by atoms with van der Waals surface area (Å²) in [5, 5.41) is -0.381. The highest BCUT2D eigenvalue weighted by atomic mass is 35.5. The molecule has 1 aromatic carbocycles. The molecule has 0 saturated carbocycles. The van der Waals surface area contributed by atoms with Crippen molar-refractivity contribution in [3.05, 3.63) is 40.4 Å². The van der Waals surface area contributed by atoms with Crippen LogP contribution in [0.25, 0.3) is 6.08 Å². The van der Waals surface area contributed by atoms with Gasteiger partial charge in [-0.15, -0.1) is 0 Å². The fourth-order valence-corrected chi connectivity index (χ4v) is 3.75. The number of benzene rings is 1. The van der Waals surface area contributed by atoms with Gasteiger partial charge in [0, 0.05) is 38.2 Å². The molecular formula is C20H22ClF3N2O3. The van der Waals surface area contributed by atoms with Crippen LogP contribution in [0.4, 0.5) is 13.2 Å². The maximum atomic E-state index is 12.9. The van der Waals surface area contributed by atoms with Gasteiger partial charge in [0.05, 0.1) is 23.8 Å². The molecule has 0 aromatic heterocycles. The molecule has 3 rings (SSSR count). The molecule has 2 fully saturated rings. The molecule has 0 bridgehead atoms. The molecule has 2 amide bonds. The van der Waals surface area contributed by atoms with E-state index in [0.717, 1.165) is 12.1 Å². The number of hydrogen-bond acceptors (Lipinski definition) is 3. The van der Waals surface area contributed by atoms with Crippen LogP contribution in [0.1, 0.15) is 24.0 Å². The molecule has 0 spiro atoms. The number of halogens is 4. The molecule has 2 aliphatic rings. The molecule has 0 aliphatic carbocycles. The fraction of sp³-hybridized carbons (Fsp3) is 0.500. The second-order valence-corrected chi connectivity index (χ2v) is 7.51. The summed E-state index contributed by atoms with van der Waals surface area (Å²) in [5.74, 6) is -0.283. The Labute approximate surface area is 172 Å². The SMILES string of the molecule is O=C(/C=C/c1ccc(Cl)c(C(F)(F)F)c1)N1CCC(C(=O)N2CCOCC2)CC1. The van der Waals surface area contributed by atoms with Crippen LogP contribution < -0.4 is 0 Å². The minimum Gasteiger partial charge on any atom is -0.378 e. The van der Waals surface area contributed by atoms with Gasteiger partial charge in [-0.05, 0) is 36.6 Å². The number of morpholine rings is 1. The standard InChI is InChI=1S/C20H22ClF3N2O3/c21-17-3-1-14(13-16(17)20(22,23)24)2-4-18(27)25-7-5-15(6-8-25)19(28)26-9-11-29-12-10-26/h1-4,13,15H,5-12H2/b4-2+. The number of likely N-dealkylation sites (tertiary alicyclic amines) is 1. The van der Waals surface area contributed by atoms with Gasteiger partial charge in [0.1, 0.15) is 0 Å². The van der Waals surface area contributed by atoms with Crippen molar-refractivity contribution in [1.82, 2.24) is 9.80 Å². The first-order valence-corrected chi connectivity index (χ1v) is 9.84. The van der Waals surface area contributed by atoms with Crippen molar-refractivity contribution in [3.8, 4) is 0 Å². The van der Waals surface area contributed by atoms with Gasteiger partial charge < -0.3 is 14.5 Å². The normalized spacial score (nSPS) is 19.0. The van der Waals surface area contributed by atoms with E-state index in [1.807, 2.05) is 4.90 Å². The zero-order valence-electron chi connectivity index (χ0n) is 15.8. The molecule has 1 aromatic rings. The van der Waals surface area contributed by atoms with E-state index in [0.29, 0.717) is 52.2 Å². The third kappa shape index (κ3) is 5.51. The summed E-state index contributed by atoms with van der Waals surface area (Å²) in [6, 6.07) is 3.51. The second kappa shape index (κ2) is 9.17. The lowest BCUT2D eigenvalue weighted by Crippen LogP contribution is -2.47. The topological polar surface area (TPSA) is 49.9 Å². The van der Waals surface area contributed by atoms with Gasteiger partial charge >= 0.3 is 6.18 Å². The molecule has 0 atom stereocenters. The summed E-state index contributed by atoms with van der Waals surface area (Å²) in [4.78, 5) is 28.3. The van der Waals surface area contributed by atoms with Gasteiger partial charge in [-0.3, -0.25) is 9.59 Å². The minimum absolute atomic E-state index is 0.105. The van der Waals surface area contributed by atoms with Gasteiger partial charge in [-0.2, -0.15) is 13.2 Å². The highest BCUT2D eigenvalue weighted by Gasteiger charge is 2.33. The maximum Gasteiger partial charge on any atom is 0.417 e. The van der Waals surface area contributed by atoms with E-state index in [9.17, 15) is 22.8 Å². The predicted octanol–water partition coefficient (Wildman–Crippen LogP) is 3.47. The van der Waals surface area contributed by atoms with E-state index in [1.54, 1.807) is 4.90 Å². The number of amides is 2. The molecule has 0 N–H and O–H groups in total. The molecule has 29 heavy (non-hydrogen) atoms. The number of carbonyl (C=O) groups excluding carboxylic acids is 2. The van der Waals surface area contributed by atoms with Gasteiger partial charge in [-0.25, -0.2) is 0 Å².